The summed E-state index contributed by atoms with van der Waals surface area (Å²) in [6, 6.07) is 11.0. The van der Waals surface area contributed by atoms with Gasteiger partial charge in [-0.1, -0.05) is 12.1 Å². The molecule has 1 atom stereocenters. The van der Waals surface area contributed by atoms with Crippen molar-refractivity contribution in [2.24, 2.45) is 0 Å². The maximum absolute atomic E-state index is 4.23. The molecular weight excluding hydrogens is 286 g/mol. The molecule has 0 fully saturated rings. The predicted octanol–water partition coefficient (Wildman–Crippen LogP) is 3.58. The average Bonchev–Trinajstić information content (AvgIpc) is 3.21. The fraction of sp³-hybridized carbons (Fsp3) is 0.267. The Hall–Kier alpha value is -1.43. The summed E-state index contributed by atoms with van der Waals surface area (Å²) in [5.74, 6) is 0. The highest BCUT2D eigenvalue weighted by Gasteiger charge is 2.13. The minimum Gasteiger partial charge on any atom is -0.307 e. The summed E-state index contributed by atoms with van der Waals surface area (Å²) < 4.78 is 1.96. The molecule has 104 valence electrons. The second kappa shape index (κ2) is 6.83. The van der Waals surface area contributed by atoms with Gasteiger partial charge >= 0.3 is 0 Å². The summed E-state index contributed by atoms with van der Waals surface area (Å²) in [4.78, 5) is 2.83. The average molecular weight is 303 g/mol. The number of hydrogen-bond donors (Lipinski definition) is 1. The van der Waals surface area contributed by atoms with Gasteiger partial charge in [-0.2, -0.15) is 5.10 Å². The first-order valence-electron chi connectivity index (χ1n) is 6.68. The van der Waals surface area contributed by atoms with Crippen LogP contribution < -0.4 is 5.32 Å². The lowest BCUT2D eigenvalue weighted by molar-refractivity contribution is 0.490. The first-order chi connectivity index (χ1) is 9.92. The Bertz CT molecular complexity index is 585. The van der Waals surface area contributed by atoms with Gasteiger partial charge in [0.2, 0.25) is 0 Å². The molecular formula is C15H17N3S2. The molecule has 3 heterocycles. The van der Waals surface area contributed by atoms with Crippen LogP contribution in [0, 0.1) is 0 Å². The normalized spacial score (nSPS) is 12.6. The lowest BCUT2D eigenvalue weighted by atomic mass is 10.1. The van der Waals surface area contributed by atoms with Gasteiger partial charge in [0.25, 0.3) is 0 Å². The van der Waals surface area contributed by atoms with Crippen molar-refractivity contribution in [1.29, 1.82) is 0 Å². The van der Waals surface area contributed by atoms with Gasteiger partial charge in [0.1, 0.15) is 0 Å². The van der Waals surface area contributed by atoms with E-state index in [1.54, 1.807) is 0 Å². The Morgan fingerprint density at radius 2 is 2.05 bits per heavy atom. The van der Waals surface area contributed by atoms with Crippen LogP contribution in [0.15, 0.2) is 53.5 Å². The minimum atomic E-state index is 0.393. The fourth-order valence-corrected chi connectivity index (χ4v) is 3.73. The first-order valence-corrected chi connectivity index (χ1v) is 8.44. The monoisotopic (exact) mass is 303 g/mol. The van der Waals surface area contributed by atoms with E-state index in [1.807, 2.05) is 45.8 Å². The van der Waals surface area contributed by atoms with Crippen molar-refractivity contribution in [3.63, 3.8) is 0 Å². The standard InChI is InChI=1S/C15H17N3S2/c1-4-13(19-10-1)12-14(15-5-2-11-20-15)16-7-9-18-8-3-6-17-18/h1-6,8,10-11,14,16H,7,9,12H2. The quantitative estimate of drug-likeness (QED) is 0.723. The van der Waals surface area contributed by atoms with E-state index in [1.165, 1.54) is 9.75 Å². The van der Waals surface area contributed by atoms with E-state index in [2.05, 4.69) is 45.4 Å². The molecule has 0 aromatic carbocycles. The number of thiophene rings is 2. The third-order valence-electron chi connectivity index (χ3n) is 3.16. The number of rotatable bonds is 7. The maximum Gasteiger partial charge on any atom is 0.0534 e. The molecule has 3 nitrogen and oxygen atoms in total. The van der Waals surface area contributed by atoms with Crippen LogP contribution in [0.3, 0.4) is 0 Å². The van der Waals surface area contributed by atoms with Crippen LogP contribution in [0.4, 0.5) is 0 Å². The SMILES string of the molecule is c1csc(CC(NCCn2cccn2)c2cccs2)c1. The molecule has 3 rings (SSSR count). The summed E-state index contributed by atoms with van der Waals surface area (Å²) in [5.41, 5.74) is 0. The van der Waals surface area contributed by atoms with E-state index in [9.17, 15) is 0 Å². The molecule has 20 heavy (non-hydrogen) atoms. The number of aromatic nitrogens is 2. The van der Waals surface area contributed by atoms with E-state index in [-0.39, 0.29) is 0 Å². The highest BCUT2D eigenvalue weighted by atomic mass is 32.1. The van der Waals surface area contributed by atoms with Crippen LogP contribution in [0.1, 0.15) is 15.8 Å². The second-order valence-corrected chi connectivity index (χ2v) is 6.59. The molecule has 3 aromatic rings. The fourth-order valence-electron chi connectivity index (χ4n) is 2.18. The van der Waals surface area contributed by atoms with Crippen molar-refractivity contribution in [3.8, 4) is 0 Å². The van der Waals surface area contributed by atoms with E-state index in [4.69, 9.17) is 0 Å². The van der Waals surface area contributed by atoms with Crippen LogP contribution in [0.25, 0.3) is 0 Å². The van der Waals surface area contributed by atoms with Gasteiger partial charge in [-0.15, -0.1) is 22.7 Å². The van der Waals surface area contributed by atoms with Crippen molar-refractivity contribution < 1.29 is 0 Å². The molecule has 5 heteroatoms. The van der Waals surface area contributed by atoms with E-state index in [0.717, 1.165) is 19.5 Å². The molecule has 0 aliphatic carbocycles. The summed E-state index contributed by atoms with van der Waals surface area (Å²) in [5, 5.41) is 12.2. The lowest BCUT2D eigenvalue weighted by Gasteiger charge is -2.17. The zero-order chi connectivity index (χ0) is 13.6. The predicted molar refractivity (Wildman–Crippen MR) is 85.3 cm³/mol. The smallest absolute Gasteiger partial charge is 0.0534 e. The van der Waals surface area contributed by atoms with Gasteiger partial charge in [-0.3, -0.25) is 4.68 Å². The minimum absolute atomic E-state index is 0.393. The van der Waals surface area contributed by atoms with E-state index < -0.39 is 0 Å². The van der Waals surface area contributed by atoms with Gasteiger partial charge in [-0.05, 0) is 29.0 Å². The highest BCUT2D eigenvalue weighted by molar-refractivity contribution is 7.10. The van der Waals surface area contributed by atoms with E-state index in [0.29, 0.717) is 6.04 Å². The first kappa shape index (κ1) is 13.5. The summed E-state index contributed by atoms with van der Waals surface area (Å²) in [7, 11) is 0. The van der Waals surface area contributed by atoms with Crippen LogP contribution in [0.2, 0.25) is 0 Å². The summed E-state index contributed by atoms with van der Waals surface area (Å²) in [6.45, 7) is 1.83. The Balaban J connectivity index is 1.60. The molecule has 0 saturated heterocycles. The van der Waals surface area contributed by atoms with Crippen molar-refractivity contribution in [1.82, 2.24) is 15.1 Å². The Labute approximate surface area is 126 Å². The Kier molecular flexibility index (Phi) is 4.63. The molecule has 1 unspecified atom stereocenters. The van der Waals surface area contributed by atoms with Crippen molar-refractivity contribution in [2.45, 2.75) is 19.0 Å². The Morgan fingerprint density at radius 1 is 1.15 bits per heavy atom. The van der Waals surface area contributed by atoms with Gasteiger partial charge in [-0.25, -0.2) is 0 Å². The van der Waals surface area contributed by atoms with Crippen LogP contribution >= 0.6 is 22.7 Å². The number of nitrogens with one attached hydrogen (secondary N) is 1. The van der Waals surface area contributed by atoms with Gasteiger partial charge < -0.3 is 5.32 Å². The number of hydrogen-bond acceptors (Lipinski definition) is 4. The third kappa shape index (κ3) is 3.56. The molecule has 0 amide bonds. The molecule has 3 aromatic heterocycles. The summed E-state index contributed by atoms with van der Waals surface area (Å²) in [6.07, 6.45) is 4.88. The van der Waals surface area contributed by atoms with Crippen molar-refractivity contribution in [2.75, 3.05) is 6.54 Å². The van der Waals surface area contributed by atoms with Crippen molar-refractivity contribution in [3.05, 3.63) is 63.2 Å². The van der Waals surface area contributed by atoms with Gasteiger partial charge in [0.05, 0.1) is 6.54 Å². The van der Waals surface area contributed by atoms with Gasteiger partial charge in [0.15, 0.2) is 0 Å². The molecule has 0 bridgehead atoms. The number of nitrogens with zero attached hydrogens (tertiary/aromatic N) is 2. The van der Waals surface area contributed by atoms with Crippen LogP contribution in [-0.4, -0.2) is 16.3 Å². The summed E-state index contributed by atoms with van der Waals surface area (Å²) >= 11 is 3.65. The van der Waals surface area contributed by atoms with Crippen LogP contribution in [0.5, 0.6) is 0 Å². The molecule has 0 radical (unpaired) electrons. The lowest BCUT2D eigenvalue weighted by Crippen LogP contribution is -2.26. The molecule has 0 saturated carbocycles. The van der Waals surface area contributed by atoms with E-state index >= 15 is 0 Å². The molecule has 0 spiro atoms. The zero-order valence-electron chi connectivity index (χ0n) is 11.1. The molecule has 0 aliphatic rings. The van der Waals surface area contributed by atoms with Crippen LogP contribution in [-0.2, 0) is 13.0 Å². The topological polar surface area (TPSA) is 29.9 Å². The Morgan fingerprint density at radius 3 is 2.75 bits per heavy atom. The zero-order valence-corrected chi connectivity index (χ0v) is 12.7. The molecule has 1 N–H and O–H groups in total. The third-order valence-corrected chi connectivity index (χ3v) is 5.05. The van der Waals surface area contributed by atoms with Gasteiger partial charge in [0, 0.05) is 41.2 Å². The second-order valence-electron chi connectivity index (χ2n) is 4.57. The maximum atomic E-state index is 4.23. The molecule has 0 aliphatic heterocycles. The largest absolute Gasteiger partial charge is 0.307 e. The van der Waals surface area contributed by atoms with Crippen molar-refractivity contribution >= 4 is 22.7 Å². The highest BCUT2D eigenvalue weighted by Crippen LogP contribution is 2.24.